The Labute approximate surface area is 117 Å². The predicted molar refractivity (Wildman–Crippen MR) is 72.2 cm³/mol. The zero-order valence-electron chi connectivity index (χ0n) is 10.5. The number of hydrogen-bond donors (Lipinski definition) is 1. The number of hydrogen-bond acceptors (Lipinski definition) is 5. The van der Waals surface area contributed by atoms with Crippen LogP contribution in [0.2, 0.25) is 5.02 Å². The first kappa shape index (κ1) is 14.1. The second-order valence-corrected chi connectivity index (χ2v) is 4.82. The van der Waals surface area contributed by atoms with E-state index in [-0.39, 0.29) is 18.4 Å². The van der Waals surface area contributed by atoms with E-state index in [1.54, 1.807) is 6.07 Å². The van der Waals surface area contributed by atoms with Crippen LogP contribution >= 0.6 is 11.6 Å². The maximum Gasteiger partial charge on any atom is 0.161 e. The summed E-state index contributed by atoms with van der Waals surface area (Å²) in [6.45, 7) is 2.00. The van der Waals surface area contributed by atoms with Gasteiger partial charge in [-0.25, -0.2) is 4.98 Å². The summed E-state index contributed by atoms with van der Waals surface area (Å²) >= 11 is 5.88. The fourth-order valence-corrected chi connectivity index (χ4v) is 2.34. The molecule has 102 valence electrons. The highest BCUT2D eigenvalue weighted by atomic mass is 35.5. The molecule has 1 saturated heterocycles. The smallest absolute Gasteiger partial charge is 0.161 e. The third-order valence-corrected chi connectivity index (χ3v) is 3.39. The number of anilines is 1. The molecule has 0 radical (unpaired) electrons. The van der Waals surface area contributed by atoms with Crippen molar-refractivity contribution in [3.8, 4) is 6.07 Å². The number of nitrogens with zero attached hydrogens (tertiary/aromatic N) is 3. The summed E-state index contributed by atoms with van der Waals surface area (Å²) in [4.78, 5) is 6.34. The van der Waals surface area contributed by atoms with E-state index in [4.69, 9.17) is 26.7 Å². The molecule has 1 unspecified atom stereocenters. The van der Waals surface area contributed by atoms with Gasteiger partial charge in [0.1, 0.15) is 11.9 Å². The molecule has 0 amide bonds. The summed E-state index contributed by atoms with van der Waals surface area (Å²) in [5.41, 5.74) is 0.248. The van der Waals surface area contributed by atoms with Crippen LogP contribution in [0.3, 0.4) is 0 Å². The van der Waals surface area contributed by atoms with Crippen LogP contribution in [0.15, 0.2) is 12.1 Å². The van der Waals surface area contributed by atoms with Gasteiger partial charge in [0.05, 0.1) is 24.3 Å². The molecule has 1 aromatic heterocycles. The van der Waals surface area contributed by atoms with Gasteiger partial charge >= 0.3 is 0 Å². The number of aliphatic hydroxyl groups excluding tert-OH is 1. The first-order valence-electron chi connectivity index (χ1n) is 6.28. The average Bonchev–Trinajstić information content (AvgIpc) is 2.46. The number of aliphatic hydroxyl groups is 1. The molecule has 0 spiro atoms. The second kappa shape index (κ2) is 6.71. The Morgan fingerprint density at radius 2 is 2.42 bits per heavy atom. The Morgan fingerprint density at radius 3 is 3.16 bits per heavy atom. The topological polar surface area (TPSA) is 69.4 Å². The van der Waals surface area contributed by atoms with Crippen LogP contribution in [0.4, 0.5) is 5.82 Å². The van der Waals surface area contributed by atoms with Crippen molar-refractivity contribution in [2.75, 3.05) is 31.2 Å². The normalized spacial score (nSPS) is 19.2. The highest BCUT2D eigenvalue weighted by Crippen LogP contribution is 2.22. The molecule has 2 rings (SSSR count). The van der Waals surface area contributed by atoms with Crippen LogP contribution in [0.1, 0.15) is 18.5 Å². The van der Waals surface area contributed by atoms with Crippen molar-refractivity contribution in [3.05, 3.63) is 22.8 Å². The van der Waals surface area contributed by atoms with Crippen molar-refractivity contribution in [3.63, 3.8) is 0 Å². The van der Waals surface area contributed by atoms with Gasteiger partial charge in [-0.2, -0.15) is 5.26 Å². The summed E-state index contributed by atoms with van der Waals surface area (Å²) in [7, 11) is 0. The zero-order valence-corrected chi connectivity index (χ0v) is 11.3. The largest absolute Gasteiger partial charge is 0.394 e. The molecule has 1 atom stereocenters. The number of aromatic nitrogens is 1. The molecule has 6 heteroatoms. The van der Waals surface area contributed by atoms with Crippen LogP contribution in [0.25, 0.3) is 0 Å². The van der Waals surface area contributed by atoms with Crippen molar-refractivity contribution >= 4 is 17.4 Å². The molecule has 2 heterocycles. The lowest BCUT2D eigenvalue weighted by Gasteiger charge is -2.33. The van der Waals surface area contributed by atoms with Gasteiger partial charge in [-0.1, -0.05) is 11.6 Å². The quantitative estimate of drug-likeness (QED) is 0.907. The Bertz CT molecular complexity index is 475. The van der Waals surface area contributed by atoms with E-state index in [9.17, 15) is 0 Å². The van der Waals surface area contributed by atoms with E-state index >= 15 is 0 Å². The highest BCUT2D eigenvalue weighted by molar-refractivity contribution is 6.31. The lowest BCUT2D eigenvalue weighted by atomic mass is 10.1. The molecule has 0 saturated carbocycles. The van der Waals surface area contributed by atoms with Gasteiger partial charge in [-0.3, -0.25) is 0 Å². The molecule has 1 fully saturated rings. The molecule has 1 aliphatic heterocycles. The monoisotopic (exact) mass is 281 g/mol. The molecule has 1 N–H and O–H groups in total. The molecule has 0 aliphatic carbocycles. The molecular weight excluding hydrogens is 266 g/mol. The Balaban J connectivity index is 2.07. The van der Waals surface area contributed by atoms with Crippen molar-refractivity contribution < 1.29 is 9.84 Å². The lowest BCUT2D eigenvalue weighted by molar-refractivity contribution is 0.0213. The molecular formula is C13H16ClN3O2. The summed E-state index contributed by atoms with van der Waals surface area (Å²) in [5, 5.41) is 18.1. The Hall–Kier alpha value is -1.35. The molecule has 5 nitrogen and oxygen atoms in total. The van der Waals surface area contributed by atoms with Crippen LogP contribution in [0, 0.1) is 11.3 Å². The maximum absolute atomic E-state index is 8.94. The van der Waals surface area contributed by atoms with E-state index in [0.29, 0.717) is 11.6 Å². The number of pyridine rings is 1. The van der Waals surface area contributed by atoms with Gasteiger partial charge in [0.2, 0.25) is 0 Å². The highest BCUT2D eigenvalue weighted by Gasteiger charge is 2.21. The SMILES string of the molecule is N#Cc1nc(N2CCCC(OCCO)C2)ccc1Cl. The maximum atomic E-state index is 8.94. The van der Waals surface area contributed by atoms with Crippen LogP contribution in [-0.2, 0) is 4.74 Å². The van der Waals surface area contributed by atoms with Crippen molar-refractivity contribution in [1.29, 1.82) is 5.26 Å². The van der Waals surface area contributed by atoms with Gasteiger partial charge in [0, 0.05) is 13.1 Å². The number of rotatable bonds is 4. The molecule has 19 heavy (non-hydrogen) atoms. The lowest BCUT2D eigenvalue weighted by Crippen LogP contribution is -2.40. The molecule has 1 aromatic rings. The van der Waals surface area contributed by atoms with Crippen LogP contribution in [-0.4, -0.2) is 42.5 Å². The van der Waals surface area contributed by atoms with Gasteiger partial charge in [0.15, 0.2) is 5.69 Å². The molecule has 0 aromatic carbocycles. The minimum atomic E-state index is 0.0360. The van der Waals surface area contributed by atoms with Gasteiger partial charge in [-0.15, -0.1) is 0 Å². The Morgan fingerprint density at radius 1 is 1.58 bits per heavy atom. The van der Waals surface area contributed by atoms with Crippen molar-refractivity contribution in [2.45, 2.75) is 18.9 Å². The summed E-state index contributed by atoms with van der Waals surface area (Å²) in [5.74, 6) is 0.748. The van der Waals surface area contributed by atoms with Gasteiger partial charge in [-0.05, 0) is 25.0 Å². The first-order chi connectivity index (χ1) is 9.24. The minimum Gasteiger partial charge on any atom is -0.394 e. The summed E-state index contributed by atoms with van der Waals surface area (Å²) in [6, 6.07) is 5.50. The number of nitriles is 1. The van der Waals surface area contributed by atoms with E-state index < -0.39 is 0 Å². The number of piperidine rings is 1. The Kier molecular flexibility index (Phi) is 4.97. The van der Waals surface area contributed by atoms with E-state index in [1.165, 1.54) is 0 Å². The standard InChI is InChI=1S/C13H16ClN3O2/c14-11-3-4-13(16-12(11)8-15)17-5-1-2-10(9-17)19-7-6-18/h3-4,10,18H,1-2,5-7,9H2. The molecule has 0 bridgehead atoms. The summed E-state index contributed by atoms with van der Waals surface area (Å²) in [6.07, 6.45) is 2.08. The van der Waals surface area contributed by atoms with Gasteiger partial charge in [0.25, 0.3) is 0 Å². The second-order valence-electron chi connectivity index (χ2n) is 4.42. The van der Waals surface area contributed by atoms with Crippen molar-refractivity contribution in [2.24, 2.45) is 0 Å². The number of ether oxygens (including phenoxy) is 1. The average molecular weight is 282 g/mol. The van der Waals surface area contributed by atoms with Crippen LogP contribution in [0.5, 0.6) is 0 Å². The zero-order chi connectivity index (χ0) is 13.7. The minimum absolute atomic E-state index is 0.0360. The third-order valence-electron chi connectivity index (χ3n) is 3.08. The third kappa shape index (κ3) is 3.57. The van der Waals surface area contributed by atoms with E-state index in [2.05, 4.69) is 9.88 Å². The van der Waals surface area contributed by atoms with Crippen molar-refractivity contribution in [1.82, 2.24) is 4.98 Å². The summed E-state index contributed by atoms with van der Waals surface area (Å²) < 4.78 is 5.55. The fourth-order valence-electron chi connectivity index (χ4n) is 2.19. The molecule has 1 aliphatic rings. The number of halogens is 1. The van der Waals surface area contributed by atoms with Crippen LogP contribution < -0.4 is 4.90 Å². The van der Waals surface area contributed by atoms with E-state index in [1.807, 2.05) is 12.1 Å². The van der Waals surface area contributed by atoms with E-state index in [0.717, 1.165) is 31.7 Å². The predicted octanol–water partition coefficient (Wildman–Crippen LogP) is 1.58. The first-order valence-corrected chi connectivity index (χ1v) is 6.66. The fraction of sp³-hybridized carbons (Fsp3) is 0.538. The van der Waals surface area contributed by atoms with Gasteiger partial charge < -0.3 is 14.7 Å².